The molecule has 0 aromatic carbocycles. The number of aromatic nitrogens is 4. The molecular weight excluding hydrogens is 348 g/mol. The molecule has 1 N–H and O–H groups in total. The van der Waals surface area contributed by atoms with Gasteiger partial charge in [0.15, 0.2) is 5.82 Å². The molecule has 4 aliphatic rings. The fourth-order valence-corrected chi connectivity index (χ4v) is 5.95. The molecule has 4 aliphatic carbocycles. The molecule has 6 rings (SSSR count). The zero-order valence-corrected chi connectivity index (χ0v) is 15.2. The molecule has 4 fully saturated rings. The number of hydrogen-bond donors (Lipinski definition) is 1. The monoisotopic (exact) mass is 370 g/mol. The summed E-state index contributed by atoms with van der Waals surface area (Å²) in [6.07, 6.45) is 10.7. The van der Waals surface area contributed by atoms with Crippen LogP contribution < -0.4 is 5.32 Å². The maximum absolute atomic E-state index is 12.5. The third-order valence-electron chi connectivity index (χ3n) is 6.54. The van der Waals surface area contributed by atoms with Crippen molar-refractivity contribution in [1.82, 2.24) is 19.6 Å². The number of aryl methyl sites for hydroxylation is 1. The molecular formula is C18H22N6O3. The van der Waals surface area contributed by atoms with Crippen LogP contribution in [0.1, 0.15) is 49.0 Å². The summed E-state index contributed by atoms with van der Waals surface area (Å²) in [5.74, 6) is 2.20. The largest absolute Gasteiger partial charge is 0.320 e. The maximum Gasteiger partial charge on any atom is 0.320 e. The van der Waals surface area contributed by atoms with E-state index in [4.69, 9.17) is 0 Å². The van der Waals surface area contributed by atoms with Crippen molar-refractivity contribution >= 4 is 17.4 Å². The van der Waals surface area contributed by atoms with Crippen molar-refractivity contribution in [1.29, 1.82) is 0 Å². The van der Waals surface area contributed by atoms with Crippen LogP contribution in [-0.4, -0.2) is 30.4 Å². The Balaban J connectivity index is 1.37. The number of carbonyl (C=O) groups is 1. The predicted molar refractivity (Wildman–Crippen MR) is 96.2 cm³/mol. The highest BCUT2D eigenvalue weighted by atomic mass is 16.6. The van der Waals surface area contributed by atoms with E-state index in [1.54, 1.807) is 13.1 Å². The van der Waals surface area contributed by atoms with Crippen LogP contribution in [0.3, 0.4) is 0 Å². The lowest BCUT2D eigenvalue weighted by Crippen LogP contribution is -2.52. The van der Waals surface area contributed by atoms with Crippen molar-refractivity contribution in [2.75, 3.05) is 5.32 Å². The van der Waals surface area contributed by atoms with Gasteiger partial charge in [-0.25, -0.2) is 0 Å². The van der Waals surface area contributed by atoms with E-state index in [2.05, 4.69) is 15.5 Å². The van der Waals surface area contributed by atoms with Gasteiger partial charge >= 0.3 is 5.69 Å². The van der Waals surface area contributed by atoms with Crippen LogP contribution in [0.4, 0.5) is 11.5 Å². The highest BCUT2D eigenvalue weighted by Gasteiger charge is 2.52. The maximum atomic E-state index is 12.5. The number of nitrogens with zero attached hydrogens (tertiary/aromatic N) is 5. The summed E-state index contributed by atoms with van der Waals surface area (Å²) in [4.78, 5) is 23.0. The molecule has 0 unspecified atom stereocenters. The lowest BCUT2D eigenvalue weighted by molar-refractivity contribution is -0.385. The van der Waals surface area contributed by atoms with Gasteiger partial charge in [-0.2, -0.15) is 10.2 Å². The Morgan fingerprint density at radius 1 is 1.22 bits per heavy atom. The summed E-state index contributed by atoms with van der Waals surface area (Å²) in [5.41, 5.74) is -0.434. The summed E-state index contributed by atoms with van der Waals surface area (Å²) >= 11 is 0. The van der Waals surface area contributed by atoms with E-state index in [9.17, 15) is 14.9 Å². The number of rotatable bonds is 4. The molecule has 27 heavy (non-hydrogen) atoms. The Labute approximate surface area is 155 Å². The van der Waals surface area contributed by atoms with E-state index in [1.807, 2.05) is 10.9 Å². The quantitative estimate of drug-likeness (QED) is 0.657. The number of hydrogen-bond acceptors (Lipinski definition) is 5. The Hall–Kier alpha value is -2.71. The third-order valence-corrected chi connectivity index (χ3v) is 6.54. The molecule has 9 nitrogen and oxygen atoms in total. The van der Waals surface area contributed by atoms with E-state index in [1.165, 1.54) is 49.4 Å². The van der Waals surface area contributed by atoms with Crippen molar-refractivity contribution in [3.63, 3.8) is 0 Å². The second kappa shape index (κ2) is 5.64. The molecule has 2 heterocycles. The highest BCUT2D eigenvalue weighted by Crippen LogP contribution is 2.58. The highest BCUT2D eigenvalue weighted by molar-refractivity contribution is 6.05. The van der Waals surface area contributed by atoms with E-state index < -0.39 is 10.8 Å². The minimum atomic E-state index is -0.613. The van der Waals surface area contributed by atoms with Crippen LogP contribution in [0.5, 0.6) is 0 Å². The van der Waals surface area contributed by atoms with Gasteiger partial charge in [0.1, 0.15) is 6.20 Å². The average molecular weight is 370 g/mol. The van der Waals surface area contributed by atoms with Gasteiger partial charge in [0.05, 0.1) is 10.5 Å². The molecule has 4 saturated carbocycles. The number of nitro groups is 1. The third kappa shape index (κ3) is 2.64. The fraction of sp³-hybridized carbons (Fsp3) is 0.611. The first kappa shape index (κ1) is 16.5. The molecule has 142 valence electrons. The Bertz CT molecular complexity index is 894. The Morgan fingerprint density at radius 3 is 2.44 bits per heavy atom. The molecule has 1 amide bonds. The molecule has 9 heteroatoms. The minimum Gasteiger partial charge on any atom is -0.303 e. The van der Waals surface area contributed by atoms with E-state index in [-0.39, 0.29) is 16.9 Å². The smallest absolute Gasteiger partial charge is 0.303 e. The van der Waals surface area contributed by atoms with E-state index in [0.717, 1.165) is 17.8 Å². The molecule has 2 aromatic heterocycles. The zero-order chi connectivity index (χ0) is 18.8. The molecule has 0 aliphatic heterocycles. The standard InChI is InChI=1S/C18H22N6O3/c1-22-10-14(24(26)27)16(21-22)17(25)19-15-2-3-23(20-15)18-7-11-4-12(8-18)6-13(5-11)9-18/h2-3,10-13H,4-9H2,1H3,(H,19,20,25). The van der Waals surface area contributed by atoms with Crippen molar-refractivity contribution in [2.24, 2.45) is 24.8 Å². The number of anilines is 1. The fourth-order valence-electron chi connectivity index (χ4n) is 5.95. The van der Waals surface area contributed by atoms with Gasteiger partial charge in [0.25, 0.3) is 5.91 Å². The van der Waals surface area contributed by atoms with Crippen LogP contribution in [0.2, 0.25) is 0 Å². The lowest BCUT2D eigenvalue weighted by Gasteiger charge is -2.56. The second-order valence-electron chi connectivity index (χ2n) is 8.54. The first-order valence-electron chi connectivity index (χ1n) is 9.47. The summed E-state index contributed by atoms with van der Waals surface area (Å²) in [6.45, 7) is 0. The Kier molecular flexibility index (Phi) is 3.44. The van der Waals surface area contributed by atoms with E-state index in [0.29, 0.717) is 5.82 Å². The molecule has 2 aromatic rings. The van der Waals surface area contributed by atoms with Gasteiger partial charge in [-0.3, -0.25) is 24.3 Å². The summed E-state index contributed by atoms with van der Waals surface area (Å²) < 4.78 is 3.31. The number of amides is 1. The first-order valence-corrected chi connectivity index (χ1v) is 9.47. The van der Waals surface area contributed by atoms with E-state index >= 15 is 0 Å². The molecule has 0 saturated heterocycles. The van der Waals surface area contributed by atoms with Crippen LogP contribution in [0.15, 0.2) is 18.5 Å². The lowest BCUT2D eigenvalue weighted by atomic mass is 9.53. The predicted octanol–water partition coefficient (Wildman–Crippen LogP) is 2.70. The first-order chi connectivity index (χ1) is 12.9. The molecule has 0 radical (unpaired) electrons. The van der Waals surface area contributed by atoms with Crippen molar-refractivity contribution in [2.45, 2.75) is 44.1 Å². The van der Waals surface area contributed by atoms with Gasteiger partial charge < -0.3 is 5.32 Å². The summed E-state index contributed by atoms with van der Waals surface area (Å²) in [6, 6.07) is 1.77. The second-order valence-corrected chi connectivity index (χ2v) is 8.54. The van der Waals surface area contributed by atoms with Gasteiger partial charge in [0, 0.05) is 19.3 Å². The van der Waals surface area contributed by atoms with Gasteiger partial charge in [-0.15, -0.1) is 0 Å². The van der Waals surface area contributed by atoms with Gasteiger partial charge in [-0.1, -0.05) is 0 Å². The van der Waals surface area contributed by atoms with Crippen LogP contribution in [-0.2, 0) is 12.6 Å². The number of nitrogens with one attached hydrogen (secondary N) is 1. The number of carbonyl (C=O) groups excluding carboxylic acids is 1. The summed E-state index contributed by atoms with van der Waals surface area (Å²) in [5, 5.41) is 22.3. The minimum absolute atomic E-state index is 0.0781. The summed E-state index contributed by atoms with van der Waals surface area (Å²) in [7, 11) is 1.55. The molecule has 0 spiro atoms. The van der Waals surface area contributed by atoms with Gasteiger partial charge in [-0.05, 0) is 56.3 Å². The molecule has 0 atom stereocenters. The van der Waals surface area contributed by atoms with Crippen molar-refractivity contribution in [3.05, 3.63) is 34.3 Å². The topological polar surface area (TPSA) is 108 Å². The Morgan fingerprint density at radius 2 is 1.85 bits per heavy atom. The van der Waals surface area contributed by atoms with Gasteiger partial charge in [0.2, 0.25) is 5.69 Å². The van der Waals surface area contributed by atoms with Crippen molar-refractivity contribution < 1.29 is 9.72 Å². The SMILES string of the molecule is Cn1cc([N+](=O)[O-])c(C(=O)Nc2ccn(C34CC5CC(CC(C5)C3)C4)n2)n1. The molecule has 4 bridgehead atoms. The average Bonchev–Trinajstić information content (AvgIpc) is 3.20. The van der Waals surface area contributed by atoms with Crippen LogP contribution in [0.25, 0.3) is 0 Å². The van der Waals surface area contributed by atoms with Crippen LogP contribution >= 0.6 is 0 Å². The normalized spacial score (nSPS) is 31.2. The van der Waals surface area contributed by atoms with Crippen molar-refractivity contribution in [3.8, 4) is 0 Å². The van der Waals surface area contributed by atoms with Crippen LogP contribution in [0, 0.1) is 27.9 Å². The zero-order valence-electron chi connectivity index (χ0n) is 15.2.